The molecule has 1 atom stereocenters. The molecule has 0 N–H and O–H groups in total. The van der Waals surface area contributed by atoms with E-state index in [0.717, 1.165) is 16.5 Å². The van der Waals surface area contributed by atoms with Crippen molar-refractivity contribution in [1.29, 1.82) is 0 Å². The Balaban J connectivity index is 2.02. The third-order valence-corrected chi connectivity index (χ3v) is 4.53. The Morgan fingerprint density at radius 1 is 0.963 bits per heavy atom. The summed E-state index contributed by atoms with van der Waals surface area (Å²) in [6.45, 7) is 3.65. The van der Waals surface area contributed by atoms with Gasteiger partial charge in [-0.3, -0.25) is 9.78 Å². The molecule has 5 heteroatoms. The van der Waals surface area contributed by atoms with Crippen LogP contribution in [0.4, 0.5) is 0 Å². The van der Waals surface area contributed by atoms with E-state index in [1.54, 1.807) is 33.2 Å². The van der Waals surface area contributed by atoms with Crippen LogP contribution in [0.15, 0.2) is 54.6 Å². The highest BCUT2D eigenvalue weighted by Crippen LogP contribution is 2.26. The first-order valence-electron chi connectivity index (χ1n) is 8.73. The second kappa shape index (κ2) is 7.58. The van der Waals surface area contributed by atoms with Crippen molar-refractivity contribution in [2.24, 2.45) is 0 Å². The molecule has 3 rings (SSSR count). The number of aryl methyl sites for hydroxylation is 2. The van der Waals surface area contributed by atoms with Crippen LogP contribution in [0.1, 0.15) is 33.3 Å². The fourth-order valence-electron chi connectivity index (χ4n) is 3.12. The fraction of sp³-hybridized carbons (Fsp3) is 0.227. The van der Waals surface area contributed by atoms with E-state index in [9.17, 15) is 9.59 Å². The molecule has 0 saturated heterocycles. The average Bonchev–Trinajstić information content (AvgIpc) is 2.66. The van der Waals surface area contributed by atoms with Crippen molar-refractivity contribution >= 4 is 22.8 Å². The summed E-state index contributed by atoms with van der Waals surface area (Å²) in [5, 5.41) is 0.894. The maximum atomic E-state index is 13.0. The number of para-hydroxylation sites is 1. The predicted octanol–water partition coefficient (Wildman–Crippen LogP) is 3.84. The van der Waals surface area contributed by atoms with E-state index in [1.165, 1.54) is 4.90 Å². The van der Waals surface area contributed by atoms with Crippen molar-refractivity contribution in [3.05, 3.63) is 77.0 Å². The first kappa shape index (κ1) is 18.6. The number of carbonyl (C=O) groups is 2. The lowest BCUT2D eigenvalue weighted by molar-refractivity contribution is -0.138. The summed E-state index contributed by atoms with van der Waals surface area (Å²) in [4.78, 5) is 31.6. The van der Waals surface area contributed by atoms with Gasteiger partial charge in [-0.15, -0.1) is 0 Å². The minimum atomic E-state index is -1.00. The quantitative estimate of drug-likeness (QED) is 0.662. The maximum absolute atomic E-state index is 13.0. The van der Waals surface area contributed by atoms with Crippen LogP contribution in [0.25, 0.3) is 10.9 Å². The molecular weight excluding hydrogens is 340 g/mol. The van der Waals surface area contributed by atoms with Gasteiger partial charge in [-0.05, 0) is 25.5 Å². The minimum Gasteiger partial charge on any atom is -0.444 e. The van der Waals surface area contributed by atoms with Gasteiger partial charge in [-0.2, -0.15) is 0 Å². The Hall–Kier alpha value is -3.21. The van der Waals surface area contributed by atoms with Gasteiger partial charge in [0.1, 0.15) is 0 Å². The summed E-state index contributed by atoms with van der Waals surface area (Å²) < 4.78 is 5.69. The predicted molar refractivity (Wildman–Crippen MR) is 105 cm³/mol. The first-order valence-corrected chi connectivity index (χ1v) is 8.73. The molecule has 0 bridgehead atoms. The zero-order valence-electron chi connectivity index (χ0n) is 15.9. The number of aromatic nitrogens is 1. The summed E-state index contributed by atoms with van der Waals surface area (Å²) in [7, 11) is 3.28. The van der Waals surface area contributed by atoms with Gasteiger partial charge in [0, 0.05) is 25.0 Å². The topological polar surface area (TPSA) is 59.5 Å². The van der Waals surface area contributed by atoms with Crippen LogP contribution in [0, 0.1) is 13.8 Å². The molecule has 0 aliphatic rings. The molecule has 0 aliphatic heterocycles. The van der Waals surface area contributed by atoms with E-state index in [2.05, 4.69) is 4.98 Å². The Kier molecular flexibility index (Phi) is 5.21. The van der Waals surface area contributed by atoms with Crippen LogP contribution < -0.4 is 0 Å². The number of fused-ring (bicyclic) bond motifs is 1. The number of nitrogens with zero attached hydrogens (tertiary/aromatic N) is 2. The number of rotatable bonds is 4. The van der Waals surface area contributed by atoms with Crippen LogP contribution in [-0.4, -0.2) is 35.9 Å². The van der Waals surface area contributed by atoms with Crippen molar-refractivity contribution in [3.63, 3.8) is 0 Å². The molecule has 2 aromatic carbocycles. The monoisotopic (exact) mass is 362 g/mol. The van der Waals surface area contributed by atoms with Gasteiger partial charge in [0.2, 0.25) is 6.10 Å². The van der Waals surface area contributed by atoms with Gasteiger partial charge in [-0.1, -0.05) is 48.5 Å². The van der Waals surface area contributed by atoms with Gasteiger partial charge < -0.3 is 9.64 Å². The van der Waals surface area contributed by atoms with Gasteiger partial charge in [-0.25, -0.2) is 4.79 Å². The summed E-state index contributed by atoms with van der Waals surface area (Å²) in [5.74, 6) is -0.842. The van der Waals surface area contributed by atoms with E-state index in [-0.39, 0.29) is 5.91 Å². The third kappa shape index (κ3) is 3.67. The Bertz CT molecular complexity index is 997. The summed E-state index contributed by atoms with van der Waals surface area (Å²) in [6.07, 6.45) is -1.00. The highest BCUT2D eigenvalue weighted by Gasteiger charge is 2.28. The van der Waals surface area contributed by atoms with E-state index >= 15 is 0 Å². The Morgan fingerprint density at radius 3 is 2.26 bits per heavy atom. The second-order valence-corrected chi connectivity index (χ2v) is 6.64. The van der Waals surface area contributed by atoms with E-state index in [4.69, 9.17) is 4.74 Å². The lowest BCUT2D eigenvalue weighted by Crippen LogP contribution is -2.31. The van der Waals surface area contributed by atoms with Crippen LogP contribution in [0.3, 0.4) is 0 Å². The number of amides is 1. The number of hydrogen-bond donors (Lipinski definition) is 0. The molecule has 0 aliphatic carbocycles. The molecule has 0 fully saturated rings. The summed E-state index contributed by atoms with van der Waals surface area (Å²) in [5.41, 5.74) is 3.25. The standard InChI is InChI=1S/C22H22N2O3/c1-14-17-12-8-9-13-18(17)23-15(2)19(14)22(26)27-20(21(25)24(3)4)16-10-6-5-7-11-16/h5-13,20H,1-4H3/t20-/m0/s1. The normalized spacial score (nSPS) is 11.9. The van der Waals surface area contributed by atoms with Gasteiger partial charge in [0.25, 0.3) is 5.91 Å². The largest absolute Gasteiger partial charge is 0.444 e. The molecule has 5 nitrogen and oxygen atoms in total. The lowest BCUT2D eigenvalue weighted by Gasteiger charge is -2.22. The highest BCUT2D eigenvalue weighted by molar-refractivity contribution is 5.99. The second-order valence-electron chi connectivity index (χ2n) is 6.64. The Morgan fingerprint density at radius 2 is 1.59 bits per heavy atom. The van der Waals surface area contributed by atoms with Crippen LogP contribution >= 0.6 is 0 Å². The number of ether oxygens (including phenoxy) is 1. The van der Waals surface area contributed by atoms with E-state index in [0.29, 0.717) is 16.8 Å². The average molecular weight is 362 g/mol. The zero-order chi connectivity index (χ0) is 19.6. The molecule has 0 radical (unpaired) electrons. The molecule has 27 heavy (non-hydrogen) atoms. The van der Waals surface area contributed by atoms with Gasteiger partial charge in [0.15, 0.2) is 0 Å². The van der Waals surface area contributed by atoms with Crippen LogP contribution in [-0.2, 0) is 9.53 Å². The van der Waals surface area contributed by atoms with Gasteiger partial charge in [0.05, 0.1) is 16.8 Å². The van der Waals surface area contributed by atoms with E-state index < -0.39 is 12.1 Å². The molecule has 0 spiro atoms. The molecule has 0 saturated carbocycles. The maximum Gasteiger partial charge on any atom is 0.341 e. The van der Waals surface area contributed by atoms with Crippen LogP contribution in [0.2, 0.25) is 0 Å². The minimum absolute atomic E-state index is 0.293. The fourth-order valence-corrected chi connectivity index (χ4v) is 3.12. The van der Waals surface area contributed by atoms with Crippen molar-refractivity contribution in [2.75, 3.05) is 14.1 Å². The number of likely N-dealkylation sites (N-methyl/N-ethyl adjacent to an activating group) is 1. The molecule has 1 heterocycles. The van der Waals surface area contributed by atoms with E-state index in [1.807, 2.05) is 49.4 Å². The first-order chi connectivity index (χ1) is 12.9. The van der Waals surface area contributed by atoms with Crippen LogP contribution in [0.5, 0.6) is 0 Å². The molecule has 1 aromatic heterocycles. The van der Waals surface area contributed by atoms with Gasteiger partial charge >= 0.3 is 5.97 Å². The SMILES string of the molecule is Cc1nc2ccccc2c(C)c1C(=O)O[C@H](C(=O)N(C)C)c1ccccc1. The highest BCUT2D eigenvalue weighted by atomic mass is 16.5. The van der Waals surface area contributed by atoms with Crippen molar-refractivity contribution in [2.45, 2.75) is 20.0 Å². The number of carbonyl (C=O) groups excluding carboxylic acids is 2. The lowest BCUT2D eigenvalue weighted by atomic mass is 10.0. The molecule has 138 valence electrons. The summed E-state index contributed by atoms with van der Waals surface area (Å²) >= 11 is 0. The van der Waals surface area contributed by atoms with Crippen molar-refractivity contribution in [1.82, 2.24) is 9.88 Å². The molecule has 1 amide bonds. The molecule has 3 aromatic rings. The zero-order valence-corrected chi connectivity index (χ0v) is 15.9. The number of esters is 1. The molecular formula is C22H22N2O3. The number of pyridine rings is 1. The summed E-state index contributed by atoms with van der Waals surface area (Å²) in [6, 6.07) is 16.7. The number of benzene rings is 2. The third-order valence-electron chi connectivity index (χ3n) is 4.53. The Labute approximate surface area is 158 Å². The number of hydrogen-bond acceptors (Lipinski definition) is 4. The van der Waals surface area contributed by atoms with Crippen molar-refractivity contribution < 1.29 is 14.3 Å². The van der Waals surface area contributed by atoms with Crippen molar-refractivity contribution in [3.8, 4) is 0 Å². The molecule has 0 unspecified atom stereocenters. The smallest absolute Gasteiger partial charge is 0.341 e.